The molecule has 2 nitrogen and oxygen atoms in total. The van der Waals surface area contributed by atoms with Crippen molar-refractivity contribution in [2.75, 3.05) is 0 Å². The van der Waals surface area contributed by atoms with Crippen LogP contribution in [0.1, 0.15) is 29.0 Å². The van der Waals surface area contributed by atoms with E-state index in [1.165, 1.54) is 38.9 Å². The molecule has 128 valence electrons. The Morgan fingerprint density at radius 1 is 0.923 bits per heavy atom. The van der Waals surface area contributed by atoms with E-state index in [0.717, 1.165) is 28.4 Å². The molecule has 26 heavy (non-hydrogen) atoms. The van der Waals surface area contributed by atoms with E-state index in [2.05, 4.69) is 71.1 Å². The zero-order valence-corrected chi connectivity index (χ0v) is 16.3. The van der Waals surface area contributed by atoms with E-state index in [1.54, 1.807) is 0 Å². The Labute approximate surface area is 165 Å². The van der Waals surface area contributed by atoms with Gasteiger partial charge >= 0.3 is 5.63 Å². The van der Waals surface area contributed by atoms with E-state index >= 15 is 0 Å². The predicted octanol–water partition coefficient (Wildman–Crippen LogP) is 5.82. The van der Waals surface area contributed by atoms with Crippen molar-refractivity contribution in [3.8, 4) is 0 Å². The van der Waals surface area contributed by atoms with Crippen LogP contribution < -0.4 is 5.63 Å². The third kappa shape index (κ3) is 2.49. The van der Waals surface area contributed by atoms with Gasteiger partial charge in [-0.2, -0.15) is 0 Å². The van der Waals surface area contributed by atoms with E-state index in [4.69, 9.17) is 4.42 Å². The van der Waals surface area contributed by atoms with Crippen LogP contribution in [0, 0.1) is 3.57 Å². The number of rotatable bonds is 1. The molecule has 1 aliphatic carbocycles. The number of fused-ring (bicyclic) bond motifs is 5. The largest absolute Gasteiger partial charge is 0.431 e. The molecule has 0 amide bonds. The highest BCUT2D eigenvalue weighted by atomic mass is 127. The Kier molecular flexibility index (Phi) is 3.85. The molecule has 0 spiro atoms. The molecule has 0 N–H and O–H groups in total. The fourth-order valence-electron chi connectivity index (χ4n) is 4.34. The highest BCUT2D eigenvalue weighted by Gasteiger charge is 2.24. The Bertz CT molecular complexity index is 1210. The SMILES string of the molecule is O=c1occc(C2CCc3ccc4c(ccc5ccccc54)c3C2)c1I. The van der Waals surface area contributed by atoms with Gasteiger partial charge in [0, 0.05) is 0 Å². The van der Waals surface area contributed by atoms with E-state index in [0.29, 0.717) is 5.92 Å². The second-order valence-electron chi connectivity index (χ2n) is 7.00. The van der Waals surface area contributed by atoms with E-state index in [-0.39, 0.29) is 5.63 Å². The third-order valence-electron chi connectivity index (χ3n) is 5.64. The van der Waals surface area contributed by atoms with Crippen LogP contribution in [-0.4, -0.2) is 0 Å². The first kappa shape index (κ1) is 16.1. The number of aryl methyl sites for hydroxylation is 1. The van der Waals surface area contributed by atoms with Crippen molar-refractivity contribution in [1.82, 2.24) is 0 Å². The molecule has 0 fully saturated rings. The summed E-state index contributed by atoms with van der Waals surface area (Å²) in [6.45, 7) is 0. The van der Waals surface area contributed by atoms with E-state index < -0.39 is 0 Å². The van der Waals surface area contributed by atoms with Crippen LogP contribution in [0.25, 0.3) is 21.5 Å². The fraction of sp³-hybridized carbons (Fsp3) is 0.174. The molecule has 0 radical (unpaired) electrons. The molecular weight excluding hydrogens is 435 g/mol. The smallest absolute Gasteiger partial charge is 0.349 e. The molecule has 0 bridgehead atoms. The van der Waals surface area contributed by atoms with Gasteiger partial charge in [-0.1, -0.05) is 48.5 Å². The van der Waals surface area contributed by atoms with Gasteiger partial charge in [-0.25, -0.2) is 4.79 Å². The number of benzene rings is 3. The second-order valence-corrected chi connectivity index (χ2v) is 8.08. The van der Waals surface area contributed by atoms with Gasteiger partial charge < -0.3 is 4.42 Å². The lowest BCUT2D eigenvalue weighted by atomic mass is 9.78. The summed E-state index contributed by atoms with van der Waals surface area (Å²) in [5, 5.41) is 5.26. The van der Waals surface area contributed by atoms with Crippen LogP contribution in [0.3, 0.4) is 0 Å². The Balaban J connectivity index is 1.68. The van der Waals surface area contributed by atoms with Crippen molar-refractivity contribution in [1.29, 1.82) is 0 Å². The third-order valence-corrected chi connectivity index (χ3v) is 6.71. The van der Waals surface area contributed by atoms with Crippen LogP contribution in [0.5, 0.6) is 0 Å². The normalized spacial score (nSPS) is 16.7. The fourth-order valence-corrected chi connectivity index (χ4v) is 5.09. The van der Waals surface area contributed by atoms with Crippen molar-refractivity contribution in [2.45, 2.75) is 25.2 Å². The van der Waals surface area contributed by atoms with Crippen LogP contribution >= 0.6 is 22.6 Å². The maximum absolute atomic E-state index is 11.9. The summed E-state index contributed by atoms with van der Waals surface area (Å²) in [6, 6.07) is 19.6. The van der Waals surface area contributed by atoms with Gasteiger partial charge in [-0.15, -0.1) is 0 Å². The Morgan fingerprint density at radius 3 is 2.69 bits per heavy atom. The van der Waals surface area contributed by atoms with Gasteiger partial charge in [0.25, 0.3) is 0 Å². The average molecular weight is 452 g/mol. The summed E-state index contributed by atoms with van der Waals surface area (Å²) in [5.74, 6) is 0.371. The topological polar surface area (TPSA) is 30.2 Å². The molecule has 1 heterocycles. The molecule has 1 atom stereocenters. The lowest BCUT2D eigenvalue weighted by Gasteiger charge is -2.27. The average Bonchev–Trinajstić information content (AvgIpc) is 2.69. The molecule has 1 unspecified atom stereocenters. The molecule has 3 heteroatoms. The molecule has 4 aromatic rings. The monoisotopic (exact) mass is 452 g/mol. The van der Waals surface area contributed by atoms with Crippen LogP contribution in [0.15, 0.2) is 70.1 Å². The van der Waals surface area contributed by atoms with Crippen molar-refractivity contribution in [2.24, 2.45) is 0 Å². The summed E-state index contributed by atoms with van der Waals surface area (Å²) >= 11 is 2.13. The summed E-state index contributed by atoms with van der Waals surface area (Å²) in [6.07, 6.45) is 4.64. The van der Waals surface area contributed by atoms with Crippen molar-refractivity contribution in [3.63, 3.8) is 0 Å². The molecule has 3 aromatic carbocycles. The molecule has 0 saturated carbocycles. The summed E-state index contributed by atoms with van der Waals surface area (Å²) in [7, 11) is 0. The zero-order valence-electron chi connectivity index (χ0n) is 14.2. The summed E-state index contributed by atoms with van der Waals surface area (Å²) in [4.78, 5) is 11.9. The predicted molar refractivity (Wildman–Crippen MR) is 114 cm³/mol. The summed E-state index contributed by atoms with van der Waals surface area (Å²) < 4.78 is 5.74. The highest BCUT2D eigenvalue weighted by molar-refractivity contribution is 14.1. The number of hydrogen-bond donors (Lipinski definition) is 0. The maximum atomic E-state index is 11.9. The van der Waals surface area contributed by atoms with E-state index in [9.17, 15) is 4.79 Å². The first-order chi connectivity index (χ1) is 12.7. The van der Waals surface area contributed by atoms with Gasteiger partial charge in [0.1, 0.15) is 3.57 Å². The Morgan fingerprint density at radius 2 is 1.77 bits per heavy atom. The zero-order chi connectivity index (χ0) is 17.7. The first-order valence-electron chi connectivity index (χ1n) is 8.92. The van der Waals surface area contributed by atoms with Crippen molar-refractivity contribution in [3.05, 3.63) is 91.5 Å². The van der Waals surface area contributed by atoms with Gasteiger partial charge in [-0.05, 0) is 92.1 Å². The molecule has 0 aliphatic heterocycles. The molecule has 5 rings (SSSR count). The highest BCUT2D eigenvalue weighted by Crippen LogP contribution is 2.38. The van der Waals surface area contributed by atoms with Gasteiger partial charge in [0.05, 0.1) is 6.26 Å². The lowest BCUT2D eigenvalue weighted by molar-refractivity contribution is 0.493. The molecular formula is C23H17IO2. The van der Waals surface area contributed by atoms with E-state index in [1.807, 2.05) is 6.07 Å². The minimum absolute atomic E-state index is 0.224. The number of hydrogen-bond acceptors (Lipinski definition) is 2. The maximum Gasteiger partial charge on any atom is 0.349 e. The van der Waals surface area contributed by atoms with Gasteiger partial charge in [0.15, 0.2) is 0 Å². The van der Waals surface area contributed by atoms with Crippen molar-refractivity contribution >= 4 is 44.1 Å². The number of halogens is 1. The molecule has 1 aromatic heterocycles. The minimum atomic E-state index is -0.224. The minimum Gasteiger partial charge on any atom is -0.431 e. The quantitative estimate of drug-likeness (QED) is 0.269. The second kappa shape index (κ2) is 6.23. The lowest BCUT2D eigenvalue weighted by Crippen LogP contribution is -2.17. The molecule has 1 aliphatic rings. The van der Waals surface area contributed by atoms with Gasteiger partial charge in [-0.3, -0.25) is 0 Å². The van der Waals surface area contributed by atoms with Gasteiger partial charge in [0.2, 0.25) is 0 Å². The summed E-state index contributed by atoms with van der Waals surface area (Å²) in [5.41, 5.74) is 3.79. The molecule has 0 saturated heterocycles. The van der Waals surface area contributed by atoms with Crippen LogP contribution in [0.4, 0.5) is 0 Å². The van der Waals surface area contributed by atoms with Crippen LogP contribution in [-0.2, 0) is 12.8 Å². The Hall–Kier alpha value is -2.14. The first-order valence-corrected chi connectivity index (χ1v) is 9.99. The van der Waals surface area contributed by atoms with Crippen molar-refractivity contribution < 1.29 is 4.42 Å². The van der Waals surface area contributed by atoms with Crippen LogP contribution in [0.2, 0.25) is 0 Å². The standard InChI is InChI=1S/C23H17IO2/c24-22-18(11-12-26-23(22)25)16-6-5-15-8-9-19-17-4-2-1-3-14(17)7-10-20(19)21(15)13-16/h1-4,7-12,16H,5-6,13H2.